The van der Waals surface area contributed by atoms with Crippen molar-refractivity contribution >= 4 is 22.8 Å². The summed E-state index contributed by atoms with van der Waals surface area (Å²) < 4.78 is 0. The van der Waals surface area contributed by atoms with E-state index in [1.165, 1.54) is 0 Å². The molecule has 0 spiro atoms. The third-order valence-corrected chi connectivity index (χ3v) is 4.84. The molecule has 0 aliphatic carbocycles. The molecule has 2 amide bonds. The number of amides is 2. The quantitative estimate of drug-likeness (QED) is 0.835. The summed E-state index contributed by atoms with van der Waals surface area (Å²) in [5.41, 5.74) is 1.85. The first-order valence-corrected chi connectivity index (χ1v) is 9.38. The van der Waals surface area contributed by atoms with Crippen LogP contribution < -0.4 is 5.32 Å². The Morgan fingerprint density at radius 1 is 1.31 bits per heavy atom. The molecular weight excluding hydrogens is 328 g/mol. The van der Waals surface area contributed by atoms with E-state index in [1.807, 2.05) is 24.3 Å². The molecule has 140 valence electrons. The fourth-order valence-electron chi connectivity index (χ4n) is 3.51. The van der Waals surface area contributed by atoms with Gasteiger partial charge < -0.3 is 15.2 Å². The van der Waals surface area contributed by atoms with E-state index in [1.54, 1.807) is 4.90 Å². The number of para-hydroxylation sites is 2. The summed E-state index contributed by atoms with van der Waals surface area (Å²) in [6, 6.07) is 7.63. The molecule has 1 aromatic carbocycles. The number of nitrogens with one attached hydrogen (secondary N) is 2. The molecule has 6 nitrogen and oxygen atoms in total. The molecule has 26 heavy (non-hydrogen) atoms. The first-order valence-electron chi connectivity index (χ1n) is 9.38. The van der Waals surface area contributed by atoms with Gasteiger partial charge in [0.1, 0.15) is 5.82 Å². The maximum absolute atomic E-state index is 12.8. The van der Waals surface area contributed by atoms with Crippen molar-refractivity contribution in [1.29, 1.82) is 0 Å². The van der Waals surface area contributed by atoms with Crippen LogP contribution in [0, 0.1) is 17.8 Å². The molecule has 2 N–H and O–H groups in total. The molecule has 0 radical (unpaired) electrons. The van der Waals surface area contributed by atoms with Crippen LogP contribution in [0.15, 0.2) is 24.3 Å². The Kier molecular flexibility index (Phi) is 5.30. The first-order chi connectivity index (χ1) is 12.3. The topological polar surface area (TPSA) is 78.1 Å². The molecule has 2 heterocycles. The van der Waals surface area contributed by atoms with Crippen molar-refractivity contribution in [2.24, 2.45) is 17.8 Å². The number of H-pyrrole nitrogens is 1. The predicted molar refractivity (Wildman–Crippen MR) is 101 cm³/mol. The fraction of sp³-hybridized carbons (Fsp3) is 0.550. The number of imidazole rings is 1. The summed E-state index contributed by atoms with van der Waals surface area (Å²) >= 11 is 0. The molecule has 2 atom stereocenters. The highest BCUT2D eigenvalue weighted by Crippen LogP contribution is 2.25. The van der Waals surface area contributed by atoms with Crippen LogP contribution in [0.4, 0.5) is 0 Å². The maximum Gasteiger partial charge on any atom is 0.226 e. The minimum absolute atomic E-state index is 0.0660. The number of likely N-dealkylation sites (tertiary alicyclic amines) is 1. The van der Waals surface area contributed by atoms with Crippen molar-refractivity contribution in [2.75, 3.05) is 13.1 Å². The highest BCUT2D eigenvalue weighted by atomic mass is 16.2. The van der Waals surface area contributed by atoms with Crippen molar-refractivity contribution in [3.05, 3.63) is 30.1 Å². The maximum atomic E-state index is 12.8. The van der Waals surface area contributed by atoms with E-state index in [0.717, 1.165) is 16.9 Å². The van der Waals surface area contributed by atoms with E-state index in [2.05, 4.69) is 43.0 Å². The van der Waals surface area contributed by atoms with Crippen LogP contribution in [-0.2, 0) is 9.59 Å². The second-order valence-electron chi connectivity index (χ2n) is 7.96. The van der Waals surface area contributed by atoms with Crippen LogP contribution in [0.5, 0.6) is 0 Å². The molecule has 1 aliphatic rings. The highest BCUT2D eigenvalue weighted by molar-refractivity contribution is 5.89. The lowest BCUT2D eigenvalue weighted by atomic mass is 10.0. The molecule has 3 rings (SSSR count). The molecule has 6 heteroatoms. The highest BCUT2D eigenvalue weighted by Gasteiger charge is 2.36. The smallest absolute Gasteiger partial charge is 0.226 e. The number of aromatic amines is 1. The predicted octanol–water partition coefficient (Wildman–Crippen LogP) is 2.88. The minimum atomic E-state index is -0.285. The van der Waals surface area contributed by atoms with Crippen LogP contribution in [0.3, 0.4) is 0 Å². The van der Waals surface area contributed by atoms with Gasteiger partial charge in [-0.3, -0.25) is 9.59 Å². The van der Waals surface area contributed by atoms with Gasteiger partial charge in [0.05, 0.1) is 23.0 Å². The molecule has 1 fully saturated rings. The molecule has 0 bridgehead atoms. The van der Waals surface area contributed by atoms with Crippen molar-refractivity contribution in [3.63, 3.8) is 0 Å². The standard InChI is InChI=1S/C20H28N4O2/c1-12(2)10-24-11-14(9-17(24)25)20(26)23-18(13(3)4)19-21-15-7-5-6-8-16(15)22-19/h5-8,12-14,18H,9-11H2,1-4H3,(H,21,22)(H,23,26)/t14-,18-/m0/s1. The van der Waals surface area contributed by atoms with Crippen molar-refractivity contribution in [1.82, 2.24) is 20.2 Å². The second-order valence-corrected chi connectivity index (χ2v) is 7.96. The van der Waals surface area contributed by atoms with Crippen LogP contribution >= 0.6 is 0 Å². The van der Waals surface area contributed by atoms with Gasteiger partial charge in [-0.05, 0) is 24.0 Å². The zero-order valence-electron chi connectivity index (χ0n) is 16.0. The molecule has 1 saturated heterocycles. The van der Waals surface area contributed by atoms with Gasteiger partial charge in [-0.2, -0.15) is 0 Å². The number of benzene rings is 1. The third-order valence-electron chi connectivity index (χ3n) is 4.84. The number of nitrogens with zero attached hydrogens (tertiary/aromatic N) is 2. The van der Waals surface area contributed by atoms with Crippen LogP contribution in [0.2, 0.25) is 0 Å². The van der Waals surface area contributed by atoms with Gasteiger partial charge in [-0.1, -0.05) is 39.8 Å². The zero-order chi connectivity index (χ0) is 18.8. The lowest BCUT2D eigenvalue weighted by molar-refractivity contribution is -0.129. The molecule has 0 unspecified atom stereocenters. The number of hydrogen-bond acceptors (Lipinski definition) is 3. The van der Waals surface area contributed by atoms with Gasteiger partial charge in [-0.25, -0.2) is 4.98 Å². The van der Waals surface area contributed by atoms with Crippen molar-refractivity contribution in [2.45, 2.75) is 40.2 Å². The second kappa shape index (κ2) is 7.48. The summed E-state index contributed by atoms with van der Waals surface area (Å²) in [7, 11) is 0. The van der Waals surface area contributed by atoms with Gasteiger partial charge in [0.15, 0.2) is 0 Å². The number of hydrogen-bond donors (Lipinski definition) is 2. The number of carbonyl (C=O) groups excluding carboxylic acids is 2. The summed E-state index contributed by atoms with van der Waals surface area (Å²) in [5.74, 6) is 1.07. The van der Waals surface area contributed by atoms with E-state index in [4.69, 9.17) is 0 Å². The van der Waals surface area contributed by atoms with Crippen LogP contribution in [0.1, 0.15) is 46.0 Å². The Morgan fingerprint density at radius 2 is 2.04 bits per heavy atom. The van der Waals surface area contributed by atoms with Crippen molar-refractivity contribution in [3.8, 4) is 0 Å². The number of rotatable bonds is 6. The van der Waals surface area contributed by atoms with Gasteiger partial charge in [-0.15, -0.1) is 0 Å². The van der Waals surface area contributed by atoms with Gasteiger partial charge in [0, 0.05) is 19.5 Å². The molecule has 0 saturated carbocycles. The lowest BCUT2D eigenvalue weighted by Gasteiger charge is -2.23. The lowest BCUT2D eigenvalue weighted by Crippen LogP contribution is -2.38. The molecule has 2 aromatic rings. The third kappa shape index (κ3) is 3.89. The largest absolute Gasteiger partial charge is 0.346 e. The summed E-state index contributed by atoms with van der Waals surface area (Å²) in [6.45, 7) is 9.49. The Labute approximate surface area is 154 Å². The molecule has 1 aromatic heterocycles. The van der Waals surface area contributed by atoms with Crippen LogP contribution in [0.25, 0.3) is 11.0 Å². The Bertz CT molecular complexity index is 763. The number of carbonyl (C=O) groups is 2. The van der Waals surface area contributed by atoms with Gasteiger partial charge in [0.25, 0.3) is 0 Å². The monoisotopic (exact) mass is 356 g/mol. The minimum Gasteiger partial charge on any atom is -0.346 e. The normalized spacial score (nSPS) is 18.9. The van der Waals surface area contributed by atoms with Crippen LogP contribution in [-0.4, -0.2) is 39.8 Å². The molecule has 1 aliphatic heterocycles. The number of fused-ring (bicyclic) bond motifs is 1. The van der Waals surface area contributed by atoms with E-state index in [-0.39, 0.29) is 29.7 Å². The summed E-state index contributed by atoms with van der Waals surface area (Å²) in [4.78, 5) is 34.7. The zero-order valence-corrected chi connectivity index (χ0v) is 16.0. The van der Waals surface area contributed by atoms with E-state index in [9.17, 15) is 9.59 Å². The SMILES string of the molecule is CC(C)CN1C[C@@H](C(=O)N[C@H](c2nc3ccccc3[nH]2)C(C)C)CC1=O. The Balaban J connectivity index is 1.72. The fourth-order valence-corrected chi connectivity index (χ4v) is 3.51. The van der Waals surface area contributed by atoms with Gasteiger partial charge in [0.2, 0.25) is 11.8 Å². The first kappa shape index (κ1) is 18.4. The average Bonchev–Trinajstić information content (AvgIpc) is 3.15. The molecular formula is C20H28N4O2. The van der Waals surface area contributed by atoms with Gasteiger partial charge >= 0.3 is 0 Å². The Hall–Kier alpha value is -2.37. The number of aromatic nitrogens is 2. The summed E-state index contributed by atoms with van der Waals surface area (Å²) in [6.07, 6.45) is 0.295. The van der Waals surface area contributed by atoms with E-state index in [0.29, 0.717) is 25.4 Å². The van der Waals surface area contributed by atoms with E-state index >= 15 is 0 Å². The van der Waals surface area contributed by atoms with Crippen molar-refractivity contribution < 1.29 is 9.59 Å². The van der Waals surface area contributed by atoms with E-state index < -0.39 is 0 Å². The summed E-state index contributed by atoms with van der Waals surface area (Å²) in [5, 5.41) is 3.12. The average molecular weight is 356 g/mol. The Morgan fingerprint density at radius 3 is 2.69 bits per heavy atom.